The summed E-state index contributed by atoms with van der Waals surface area (Å²) < 4.78 is 14.5. The van der Waals surface area contributed by atoms with E-state index in [0.29, 0.717) is 27.9 Å². The summed E-state index contributed by atoms with van der Waals surface area (Å²) in [7, 11) is 0. The number of nitrogens with zero attached hydrogens (tertiary/aromatic N) is 1. The van der Waals surface area contributed by atoms with Gasteiger partial charge in [-0.1, -0.05) is 48.4 Å². The molecule has 2 aromatic carbocycles. The molecule has 3 aromatic rings. The molecule has 0 saturated heterocycles. The van der Waals surface area contributed by atoms with Gasteiger partial charge < -0.3 is 10.5 Å². The average molecular weight is 476 g/mol. The Hall–Kier alpha value is -3.48. The number of pyridine rings is 1. The fraction of sp³-hybridized carbons (Fsp3) is 0.185. The lowest BCUT2D eigenvalue weighted by molar-refractivity contribution is -0.131. The molecule has 34 heavy (non-hydrogen) atoms. The molecule has 0 radical (unpaired) electrons. The van der Waals surface area contributed by atoms with Crippen molar-refractivity contribution in [2.24, 2.45) is 5.92 Å². The van der Waals surface area contributed by atoms with Crippen LogP contribution >= 0.6 is 11.6 Å². The van der Waals surface area contributed by atoms with Gasteiger partial charge in [-0.25, -0.2) is 14.6 Å². The summed E-state index contributed by atoms with van der Waals surface area (Å²) in [5, 5.41) is 9.58. The number of benzene rings is 2. The normalized spacial score (nSPS) is 18.2. The van der Waals surface area contributed by atoms with E-state index in [4.69, 9.17) is 16.7 Å². The van der Waals surface area contributed by atoms with Crippen molar-refractivity contribution in [3.05, 3.63) is 99.8 Å². The van der Waals surface area contributed by atoms with Crippen LogP contribution in [0.2, 0.25) is 5.02 Å². The first kappa shape index (κ1) is 22.3. The summed E-state index contributed by atoms with van der Waals surface area (Å²) >= 11 is 6.68. The number of carbonyl (C=O) groups is 1. The second-order valence-corrected chi connectivity index (χ2v) is 8.88. The summed E-state index contributed by atoms with van der Waals surface area (Å²) in [6, 6.07) is 17.2. The fourth-order valence-corrected chi connectivity index (χ4v) is 4.72. The molecule has 3 N–H and O–H groups in total. The third-order valence-corrected chi connectivity index (χ3v) is 6.69. The van der Waals surface area contributed by atoms with E-state index in [2.05, 4.69) is 15.8 Å². The topological polar surface area (TPSA) is 74.2 Å². The number of hydrogen-bond donors (Lipinski definition) is 3. The highest BCUT2D eigenvalue weighted by Gasteiger charge is 2.29. The predicted octanol–water partition coefficient (Wildman–Crippen LogP) is 6.49. The van der Waals surface area contributed by atoms with Crippen LogP contribution in [-0.4, -0.2) is 16.1 Å². The zero-order chi connectivity index (χ0) is 23.7. The molecule has 5 rings (SSSR count). The molecule has 1 atom stereocenters. The van der Waals surface area contributed by atoms with Crippen LogP contribution in [0.5, 0.6) is 0 Å². The third-order valence-electron chi connectivity index (χ3n) is 6.37. The van der Waals surface area contributed by atoms with Gasteiger partial charge in [0.1, 0.15) is 0 Å². The van der Waals surface area contributed by atoms with Crippen molar-refractivity contribution in [2.75, 3.05) is 5.43 Å². The first-order valence-corrected chi connectivity index (χ1v) is 11.6. The van der Waals surface area contributed by atoms with Crippen molar-refractivity contribution in [3.8, 4) is 0 Å². The molecule has 1 aliphatic heterocycles. The quantitative estimate of drug-likeness (QED) is 0.216. The predicted molar refractivity (Wildman–Crippen MR) is 133 cm³/mol. The van der Waals surface area contributed by atoms with Gasteiger partial charge in [0.05, 0.1) is 11.4 Å². The van der Waals surface area contributed by atoms with Crippen molar-refractivity contribution >= 4 is 40.5 Å². The molecular weight excluding hydrogens is 453 g/mol. The van der Waals surface area contributed by atoms with Gasteiger partial charge in [-0.05, 0) is 71.4 Å². The van der Waals surface area contributed by atoms with Gasteiger partial charge in [-0.3, -0.25) is 4.98 Å². The molecule has 2 heterocycles. The maximum absolute atomic E-state index is 14.5. The van der Waals surface area contributed by atoms with Crippen LogP contribution < -0.4 is 10.9 Å². The summed E-state index contributed by atoms with van der Waals surface area (Å²) in [5.74, 6) is -0.703. The maximum atomic E-state index is 14.5. The molecule has 2 aliphatic rings. The van der Waals surface area contributed by atoms with Gasteiger partial charge in [0.2, 0.25) is 0 Å². The molecule has 1 saturated carbocycles. The molecule has 0 bridgehead atoms. The second-order valence-electron chi connectivity index (χ2n) is 8.47. The number of aromatic nitrogens is 1. The van der Waals surface area contributed by atoms with E-state index in [1.54, 1.807) is 12.3 Å². The molecule has 1 fully saturated rings. The number of hydrogen-bond acceptors (Lipinski definition) is 4. The number of aliphatic carboxylic acids is 1. The molecule has 1 aromatic heterocycles. The first-order valence-electron chi connectivity index (χ1n) is 11.2. The van der Waals surface area contributed by atoms with Crippen LogP contribution in [0, 0.1) is 5.92 Å². The van der Waals surface area contributed by atoms with E-state index in [9.17, 15) is 9.18 Å². The number of allylic oxidation sites excluding steroid dienone is 1. The summed E-state index contributed by atoms with van der Waals surface area (Å²) in [5.41, 5.74) is 12.1. The number of anilines is 1. The second kappa shape index (κ2) is 9.41. The van der Waals surface area contributed by atoms with Crippen LogP contribution in [0.25, 0.3) is 17.2 Å². The van der Waals surface area contributed by atoms with Gasteiger partial charge >= 0.3 is 5.97 Å². The standard InChI is InChI=1S/C27H23ClFN3O2/c28-22-7-2-1-6-20(22)26(16-4-3-5-16)25(17-9-12-23-21(14-17)27(29)32-31-23)18-8-10-19(30-15-18)11-13-24(33)34/h1-2,6-16,27,31-32H,3-5H2,(H,33,34)/b13-11+,26-25-. The number of rotatable bonds is 6. The van der Waals surface area contributed by atoms with Crippen LogP contribution in [0.15, 0.2) is 66.9 Å². The van der Waals surface area contributed by atoms with Gasteiger partial charge in [0, 0.05) is 28.4 Å². The molecule has 5 nitrogen and oxygen atoms in total. The SMILES string of the molecule is O=C(O)/C=C/c1ccc(/C(=C(\c2ccccc2Cl)C2CCC2)c2ccc3c(c2)C(F)NN3)cn1. The number of alkyl halides is 1. The minimum atomic E-state index is -1.30. The van der Waals surface area contributed by atoms with Gasteiger partial charge in [0.25, 0.3) is 0 Å². The van der Waals surface area contributed by atoms with E-state index in [0.717, 1.165) is 53.2 Å². The number of carboxylic acids is 1. The largest absolute Gasteiger partial charge is 0.478 e. The molecule has 1 aliphatic carbocycles. The number of hydrazine groups is 1. The molecule has 0 spiro atoms. The number of fused-ring (bicyclic) bond motifs is 1. The van der Waals surface area contributed by atoms with Crippen LogP contribution in [0.3, 0.4) is 0 Å². The van der Waals surface area contributed by atoms with E-state index in [1.165, 1.54) is 6.08 Å². The Morgan fingerprint density at radius 3 is 2.59 bits per heavy atom. The molecule has 172 valence electrons. The Bertz CT molecular complexity index is 1300. The van der Waals surface area contributed by atoms with Crippen molar-refractivity contribution in [3.63, 3.8) is 0 Å². The molecule has 7 heteroatoms. The number of nitrogens with one attached hydrogen (secondary N) is 2. The van der Waals surface area contributed by atoms with Gasteiger partial charge in [-0.2, -0.15) is 0 Å². The Kier molecular flexibility index (Phi) is 6.18. The highest BCUT2D eigenvalue weighted by molar-refractivity contribution is 6.32. The summed E-state index contributed by atoms with van der Waals surface area (Å²) in [6.07, 6.45) is 6.20. The monoisotopic (exact) mass is 475 g/mol. The van der Waals surface area contributed by atoms with Crippen molar-refractivity contribution in [1.82, 2.24) is 10.4 Å². The lowest BCUT2D eigenvalue weighted by atomic mass is 9.73. The lowest BCUT2D eigenvalue weighted by Crippen LogP contribution is -2.15. The summed E-state index contributed by atoms with van der Waals surface area (Å²) in [6.45, 7) is 0. The zero-order valence-electron chi connectivity index (χ0n) is 18.3. The molecule has 0 amide bonds. The Morgan fingerprint density at radius 1 is 1.12 bits per heavy atom. The highest BCUT2D eigenvalue weighted by atomic mass is 35.5. The van der Waals surface area contributed by atoms with Crippen molar-refractivity contribution < 1.29 is 14.3 Å². The van der Waals surface area contributed by atoms with E-state index >= 15 is 0 Å². The van der Waals surface area contributed by atoms with Crippen molar-refractivity contribution in [2.45, 2.75) is 25.6 Å². The fourth-order valence-electron chi connectivity index (χ4n) is 4.48. The average Bonchev–Trinajstić information content (AvgIpc) is 3.17. The van der Waals surface area contributed by atoms with Gasteiger partial charge in [-0.15, -0.1) is 0 Å². The van der Waals surface area contributed by atoms with Gasteiger partial charge in [0.15, 0.2) is 6.30 Å². The highest BCUT2D eigenvalue weighted by Crippen LogP contribution is 2.47. The maximum Gasteiger partial charge on any atom is 0.328 e. The summed E-state index contributed by atoms with van der Waals surface area (Å²) in [4.78, 5) is 15.3. The number of halogens is 2. The van der Waals surface area contributed by atoms with E-state index in [1.807, 2.05) is 48.5 Å². The Morgan fingerprint density at radius 2 is 1.91 bits per heavy atom. The van der Waals surface area contributed by atoms with Crippen LogP contribution in [0.1, 0.15) is 53.5 Å². The van der Waals surface area contributed by atoms with Crippen molar-refractivity contribution in [1.29, 1.82) is 0 Å². The zero-order valence-corrected chi connectivity index (χ0v) is 19.0. The minimum Gasteiger partial charge on any atom is -0.478 e. The lowest BCUT2D eigenvalue weighted by Gasteiger charge is -2.32. The number of carboxylic acid groups (broad SMARTS) is 1. The Balaban J connectivity index is 1.72. The van der Waals surface area contributed by atoms with E-state index in [-0.39, 0.29) is 0 Å². The van der Waals surface area contributed by atoms with Crippen LogP contribution in [-0.2, 0) is 4.79 Å². The Labute approximate surface area is 202 Å². The smallest absolute Gasteiger partial charge is 0.328 e. The minimum absolute atomic E-state index is 0.326. The first-order chi connectivity index (χ1) is 16.5. The van der Waals surface area contributed by atoms with E-state index < -0.39 is 12.3 Å². The molecular formula is C27H23ClFN3O2. The van der Waals surface area contributed by atoms with Crippen LogP contribution in [0.4, 0.5) is 10.1 Å². The molecule has 1 unspecified atom stereocenters. The third kappa shape index (κ3) is 4.34.